The molecule has 0 fully saturated rings. The van der Waals surface area contributed by atoms with Gasteiger partial charge in [0.1, 0.15) is 5.82 Å². The van der Waals surface area contributed by atoms with E-state index in [1.165, 1.54) is 28.3 Å². The predicted octanol–water partition coefficient (Wildman–Crippen LogP) is 5.67. The van der Waals surface area contributed by atoms with Crippen molar-refractivity contribution < 1.29 is 8.28 Å². The van der Waals surface area contributed by atoms with E-state index in [0.717, 1.165) is 60.1 Å². The molecule has 0 aliphatic heterocycles. The number of anilines is 2. The molecule has 0 radical (unpaired) electrons. The molecule has 144 valence electrons. The van der Waals surface area contributed by atoms with Gasteiger partial charge in [0.15, 0.2) is 12.3 Å². The minimum absolute atomic E-state index is 0.00971. The Bertz CT molecular complexity index is 1020. The van der Waals surface area contributed by atoms with E-state index >= 15 is 0 Å². The van der Waals surface area contributed by atoms with E-state index in [1.54, 1.807) is 18.2 Å². The van der Waals surface area contributed by atoms with Crippen molar-refractivity contribution in [1.82, 2.24) is 14.2 Å². The van der Waals surface area contributed by atoms with E-state index in [-0.39, 0.29) is 18.2 Å². The summed E-state index contributed by atoms with van der Waals surface area (Å²) < 4.78 is 28.6. The van der Waals surface area contributed by atoms with Crippen molar-refractivity contribution in [3.63, 3.8) is 0 Å². The maximum absolute atomic E-state index is 13.9. The second-order valence-corrected chi connectivity index (χ2v) is 8.54. The van der Waals surface area contributed by atoms with Crippen LogP contribution in [-0.2, 0) is 25.7 Å². The quantitative estimate of drug-likeness (QED) is 0.580. The van der Waals surface area contributed by atoms with Crippen molar-refractivity contribution in [3.8, 4) is 0 Å². The van der Waals surface area contributed by atoms with E-state index in [1.807, 2.05) is 0 Å². The third-order valence-corrected chi connectivity index (χ3v) is 6.66. The zero-order valence-electron chi connectivity index (χ0n) is 15.0. The number of aromatic nitrogens is 3. The molecule has 0 amide bonds. The molecule has 2 aromatic carbocycles. The fraction of sp³-hybridized carbons (Fsp3) is 0.300. The molecular formula is C20H18F2N4S2. The SMILES string of the molecule is FSn1nc(Sc2ccccc2F)nc1Nc1c2c(cc3c1CCC3)CCC2. The van der Waals surface area contributed by atoms with Crippen LogP contribution >= 0.6 is 24.1 Å². The zero-order valence-corrected chi connectivity index (χ0v) is 16.7. The first kappa shape index (κ1) is 18.0. The molecule has 1 N–H and O–H groups in total. The van der Waals surface area contributed by atoms with Crippen molar-refractivity contribution in [3.05, 3.63) is 58.4 Å². The molecule has 0 bridgehead atoms. The number of aryl methyl sites for hydroxylation is 2. The molecule has 3 aromatic rings. The summed E-state index contributed by atoms with van der Waals surface area (Å²) in [4.78, 5) is 4.85. The Morgan fingerprint density at radius 1 is 1.00 bits per heavy atom. The van der Waals surface area contributed by atoms with Gasteiger partial charge < -0.3 is 5.32 Å². The summed E-state index contributed by atoms with van der Waals surface area (Å²) in [6.45, 7) is 0. The molecule has 0 unspecified atom stereocenters. The average Bonchev–Trinajstić information content (AvgIpc) is 3.42. The zero-order chi connectivity index (χ0) is 19.1. The third-order valence-electron chi connectivity index (χ3n) is 5.37. The fourth-order valence-electron chi connectivity index (χ4n) is 4.15. The minimum atomic E-state index is -0.343. The molecule has 0 atom stereocenters. The number of halogens is 2. The summed E-state index contributed by atoms with van der Waals surface area (Å²) in [5.74, 6) is -0.00861. The molecule has 0 saturated heterocycles. The van der Waals surface area contributed by atoms with Crippen LogP contribution in [-0.4, -0.2) is 14.2 Å². The molecule has 8 heteroatoms. The van der Waals surface area contributed by atoms with E-state index in [4.69, 9.17) is 0 Å². The second kappa shape index (κ2) is 7.40. The molecule has 0 spiro atoms. The lowest BCUT2D eigenvalue weighted by Crippen LogP contribution is -2.05. The van der Waals surface area contributed by atoms with Gasteiger partial charge in [-0.15, -0.1) is 13.1 Å². The summed E-state index contributed by atoms with van der Waals surface area (Å²) >= 11 is 1.08. The van der Waals surface area contributed by atoms with Crippen molar-refractivity contribution in [2.75, 3.05) is 5.32 Å². The highest BCUT2D eigenvalue weighted by Crippen LogP contribution is 2.40. The summed E-state index contributed by atoms with van der Waals surface area (Å²) in [6.07, 6.45) is 6.53. The van der Waals surface area contributed by atoms with Gasteiger partial charge in [-0.25, -0.2) is 4.39 Å². The molecule has 1 aromatic heterocycles. The summed E-state index contributed by atoms with van der Waals surface area (Å²) in [6, 6.07) is 8.78. The lowest BCUT2D eigenvalue weighted by Gasteiger charge is -2.16. The van der Waals surface area contributed by atoms with Crippen molar-refractivity contribution in [2.45, 2.75) is 48.6 Å². The minimum Gasteiger partial charge on any atom is -0.323 e. The van der Waals surface area contributed by atoms with E-state index < -0.39 is 0 Å². The third kappa shape index (κ3) is 3.18. The monoisotopic (exact) mass is 416 g/mol. The summed E-state index contributed by atoms with van der Waals surface area (Å²) in [7, 11) is 0. The summed E-state index contributed by atoms with van der Waals surface area (Å²) in [5, 5.41) is 7.85. The number of nitrogens with one attached hydrogen (secondary N) is 1. The Morgan fingerprint density at radius 3 is 2.39 bits per heavy atom. The number of rotatable bonds is 5. The Kier molecular flexibility index (Phi) is 4.76. The Hall–Kier alpha value is -2.06. The molecule has 2 aliphatic rings. The fourth-order valence-corrected chi connectivity index (χ4v) is 5.23. The smallest absolute Gasteiger partial charge is 0.239 e. The first-order valence-corrected chi connectivity index (χ1v) is 10.8. The van der Waals surface area contributed by atoms with Gasteiger partial charge in [-0.3, -0.25) is 0 Å². The predicted molar refractivity (Wildman–Crippen MR) is 108 cm³/mol. The van der Waals surface area contributed by atoms with Crippen LogP contribution in [0.4, 0.5) is 19.9 Å². The number of benzene rings is 2. The van der Waals surface area contributed by atoms with E-state index in [0.29, 0.717) is 16.0 Å². The van der Waals surface area contributed by atoms with Crippen LogP contribution in [0.1, 0.15) is 35.1 Å². The standard InChI is InChI=1S/C20H18F2N4S2/c21-16-9-1-2-10-17(16)27-20-24-19(26(25-20)28-22)23-18-14-7-3-5-12(14)11-13-6-4-8-15(13)18/h1-2,9-11H,3-8H2,(H,23,24,25). The molecule has 1 heterocycles. The first-order chi connectivity index (χ1) is 13.7. The van der Waals surface area contributed by atoms with Crippen LogP contribution in [0.25, 0.3) is 0 Å². The second-order valence-electron chi connectivity index (χ2n) is 7.05. The lowest BCUT2D eigenvalue weighted by molar-refractivity contribution is 0.601. The maximum Gasteiger partial charge on any atom is 0.239 e. The maximum atomic E-state index is 13.9. The van der Waals surface area contributed by atoms with Gasteiger partial charge in [0, 0.05) is 5.69 Å². The van der Waals surface area contributed by atoms with Gasteiger partial charge in [0.2, 0.25) is 11.1 Å². The van der Waals surface area contributed by atoms with Crippen molar-refractivity contribution >= 4 is 35.7 Å². The van der Waals surface area contributed by atoms with Gasteiger partial charge in [-0.05, 0) is 84.7 Å². The molecule has 2 aliphatic carbocycles. The van der Waals surface area contributed by atoms with Crippen LogP contribution in [0.3, 0.4) is 0 Å². The van der Waals surface area contributed by atoms with Crippen LogP contribution < -0.4 is 5.32 Å². The molecule has 4 nitrogen and oxygen atoms in total. The Morgan fingerprint density at radius 2 is 1.71 bits per heavy atom. The van der Waals surface area contributed by atoms with Gasteiger partial charge >= 0.3 is 0 Å². The van der Waals surface area contributed by atoms with Crippen molar-refractivity contribution in [1.29, 1.82) is 0 Å². The lowest BCUT2D eigenvalue weighted by atomic mass is 9.99. The van der Waals surface area contributed by atoms with Gasteiger partial charge in [-0.2, -0.15) is 4.98 Å². The normalized spacial score (nSPS) is 14.9. The van der Waals surface area contributed by atoms with Crippen LogP contribution in [0, 0.1) is 5.82 Å². The number of hydrogen-bond donors (Lipinski definition) is 1. The van der Waals surface area contributed by atoms with Crippen molar-refractivity contribution in [2.24, 2.45) is 0 Å². The van der Waals surface area contributed by atoms with Gasteiger partial charge in [0.25, 0.3) is 0 Å². The first-order valence-electron chi connectivity index (χ1n) is 9.35. The average molecular weight is 417 g/mol. The molecular weight excluding hydrogens is 398 g/mol. The number of hydrogen-bond acceptors (Lipinski definition) is 5. The highest BCUT2D eigenvalue weighted by Gasteiger charge is 2.25. The van der Waals surface area contributed by atoms with Crippen LogP contribution in [0.15, 0.2) is 40.4 Å². The van der Waals surface area contributed by atoms with E-state index in [2.05, 4.69) is 21.5 Å². The largest absolute Gasteiger partial charge is 0.323 e. The molecule has 0 saturated carbocycles. The highest BCUT2D eigenvalue weighted by molar-refractivity contribution is 7.99. The Balaban J connectivity index is 1.50. The molecule has 5 rings (SSSR count). The summed E-state index contributed by atoms with van der Waals surface area (Å²) in [5.41, 5.74) is 6.50. The Labute approximate surface area is 170 Å². The van der Waals surface area contributed by atoms with Crippen LogP contribution in [0.2, 0.25) is 0 Å². The molecule has 28 heavy (non-hydrogen) atoms. The van der Waals surface area contributed by atoms with E-state index in [9.17, 15) is 8.28 Å². The number of nitrogens with zero attached hydrogens (tertiary/aromatic N) is 3. The van der Waals surface area contributed by atoms with Crippen LogP contribution in [0.5, 0.6) is 0 Å². The van der Waals surface area contributed by atoms with Gasteiger partial charge in [0.05, 0.1) is 4.90 Å². The number of fused-ring (bicyclic) bond motifs is 2. The topological polar surface area (TPSA) is 42.7 Å². The van der Waals surface area contributed by atoms with Gasteiger partial charge in [-0.1, -0.05) is 18.2 Å². The highest BCUT2D eigenvalue weighted by atomic mass is 32.2.